The van der Waals surface area contributed by atoms with Gasteiger partial charge in [0, 0.05) is 42.3 Å². The minimum absolute atomic E-state index is 0.108. The molecule has 1 heterocycles. The maximum atomic E-state index is 8.64. The highest BCUT2D eigenvalue weighted by Crippen LogP contribution is 2.21. The van der Waals surface area contributed by atoms with E-state index in [4.69, 9.17) is 15.7 Å². The van der Waals surface area contributed by atoms with Crippen LogP contribution >= 0.6 is 11.8 Å². The van der Waals surface area contributed by atoms with Gasteiger partial charge in [-0.25, -0.2) is 0 Å². The molecule has 0 saturated carbocycles. The fraction of sp³-hybridized carbons (Fsp3) is 0.400. The van der Waals surface area contributed by atoms with Gasteiger partial charge < -0.3 is 15.7 Å². The number of pyridine rings is 1. The van der Waals surface area contributed by atoms with Gasteiger partial charge in [-0.05, 0) is 12.5 Å². The van der Waals surface area contributed by atoms with Gasteiger partial charge in [-0.3, -0.25) is 4.98 Å². The normalized spacial score (nSPS) is 11.7. The third kappa shape index (κ3) is 3.71. The first-order valence-electron chi connectivity index (χ1n) is 4.83. The monoisotopic (exact) mass is 241 g/mol. The zero-order chi connectivity index (χ0) is 11.8. The van der Waals surface area contributed by atoms with E-state index in [1.807, 2.05) is 0 Å². The highest BCUT2D eigenvalue weighted by Gasteiger charge is 2.06. The van der Waals surface area contributed by atoms with Gasteiger partial charge in [-0.2, -0.15) is 0 Å². The molecule has 0 spiro atoms. The van der Waals surface area contributed by atoms with Crippen molar-refractivity contribution in [1.29, 1.82) is 0 Å². The third-order valence-corrected chi connectivity index (χ3v) is 3.05. The van der Waals surface area contributed by atoms with Crippen LogP contribution in [0.5, 0.6) is 0 Å². The van der Waals surface area contributed by atoms with Crippen molar-refractivity contribution >= 4 is 17.6 Å². The SMILES string of the molecule is COCCCSc1cnccc1/C(N)=N/O. The fourth-order valence-electron chi connectivity index (χ4n) is 1.15. The number of amidine groups is 1. The summed E-state index contributed by atoms with van der Waals surface area (Å²) in [5, 5.41) is 11.6. The second-order valence-corrected chi connectivity index (χ2v) is 4.19. The molecule has 0 aromatic carbocycles. The Morgan fingerprint density at radius 1 is 1.69 bits per heavy atom. The van der Waals surface area contributed by atoms with Crippen molar-refractivity contribution in [3.63, 3.8) is 0 Å². The number of thioether (sulfide) groups is 1. The second-order valence-electron chi connectivity index (χ2n) is 3.05. The van der Waals surface area contributed by atoms with Gasteiger partial charge in [0.05, 0.1) is 0 Å². The molecule has 16 heavy (non-hydrogen) atoms. The van der Waals surface area contributed by atoms with E-state index in [-0.39, 0.29) is 5.84 Å². The summed E-state index contributed by atoms with van der Waals surface area (Å²) in [6.07, 6.45) is 4.28. The number of hydrogen-bond acceptors (Lipinski definition) is 5. The molecule has 0 unspecified atom stereocenters. The first-order valence-corrected chi connectivity index (χ1v) is 5.81. The first kappa shape index (κ1) is 12.8. The lowest BCUT2D eigenvalue weighted by molar-refractivity contribution is 0.200. The molecule has 5 nitrogen and oxygen atoms in total. The largest absolute Gasteiger partial charge is 0.409 e. The van der Waals surface area contributed by atoms with Gasteiger partial charge in [0.15, 0.2) is 5.84 Å². The van der Waals surface area contributed by atoms with Crippen molar-refractivity contribution in [3.8, 4) is 0 Å². The summed E-state index contributed by atoms with van der Waals surface area (Å²) in [7, 11) is 1.68. The van der Waals surface area contributed by atoms with Crippen LogP contribution in [-0.4, -0.2) is 35.5 Å². The number of hydrogen-bond donors (Lipinski definition) is 2. The Kier molecular flexibility index (Phi) is 5.66. The molecule has 0 amide bonds. The Balaban J connectivity index is 2.64. The van der Waals surface area contributed by atoms with E-state index in [1.54, 1.807) is 37.3 Å². The smallest absolute Gasteiger partial charge is 0.171 e. The van der Waals surface area contributed by atoms with E-state index in [0.29, 0.717) is 5.56 Å². The quantitative estimate of drug-likeness (QED) is 0.196. The van der Waals surface area contributed by atoms with Crippen LogP contribution in [0.1, 0.15) is 12.0 Å². The molecule has 0 saturated heterocycles. The number of nitrogens with zero attached hydrogens (tertiary/aromatic N) is 2. The molecule has 1 aromatic heterocycles. The summed E-state index contributed by atoms with van der Waals surface area (Å²) >= 11 is 1.62. The van der Waals surface area contributed by atoms with Gasteiger partial charge in [0.2, 0.25) is 0 Å². The zero-order valence-corrected chi connectivity index (χ0v) is 9.91. The Morgan fingerprint density at radius 2 is 2.50 bits per heavy atom. The molecule has 0 radical (unpaired) electrons. The minimum atomic E-state index is 0.108. The van der Waals surface area contributed by atoms with E-state index in [1.165, 1.54) is 0 Å². The van der Waals surface area contributed by atoms with Gasteiger partial charge in [-0.1, -0.05) is 5.16 Å². The van der Waals surface area contributed by atoms with Crippen LogP contribution in [0, 0.1) is 0 Å². The molecule has 0 bridgehead atoms. The van der Waals surface area contributed by atoms with Crippen molar-refractivity contribution in [3.05, 3.63) is 24.0 Å². The number of methoxy groups -OCH3 is 1. The average Bonchev–Trinajstić information content (AvgIpc) is 2.34. The highest BCUT2D eigenvalue weighted by molar-refractivity contribution is 7.99. The summed E-state index contributed by atoms with van der Waals surface area (Å²) in [6.45, 7) is 0.728. The molecule has 6 heteroatoms. The van der Waals surface area contributed by atoms with E-state index < -0.39 is 0 Å². The van der Waals surface area contributed by atoms with Crippen LogP contribution in [0.3, 0.4) is 0 Å². The Bertz CT molecular complexity index is 358. The molecular weight excluding hydrogens is 226 g/mol. The van der Waals surface area contributed by atoms with Crippen LogP contribution < -0.4 is 5.73 Å². The number of ether oxygens (including phenoxy) is 1. The summed E-state index contributed by atoms with van der Waals surface area (Å²) in [5.74, 6) is 1.02. The second kappa shape index (κ2) is 7.08. The van der Waals surface area contributed by atoms with Crippen LogP contribution in [0.15, 0.2) is 28.5 Å². The van der Waals surface area contributed by atoms with Crippen molar-refractivity contribution in [2.24, 2.45) is 10.9 Å². The van der Waals surface area contributed by atoms with Gasteiger partial charge in [0.25, 0.3) is 0 Å². The molecule has 1 rings (SSSR count). The Labute approximate surface area is 98.7 Å². The average molecular weight is 241 g/mol. The molecule has 88 valence electrons. The van der Waals surface area contributed by atoms with Crippen molar-refractivity contribution in [2.75, 3.05) is 19.5 Å². The van der Waals surface area contributed by atoms with Gasteiger partial charge in [-0.15, -0.1) is 11.8 Å². The van der Waals surface area contributed by atoms with Gasteiger partial charge >= 0.3 is 0 Å². The number of aromatic nitrogens is 1. The number of nitrogens with two attached hydrogens (primary N) is 1. The van der Waals surface area contributed by atoms with Crippen LogP contribution in [0.2, 0.25) is 0 Å². The maximum Gasteiger partial charge on any atom is 0.171 e. The molecule has 0 aliphatic heterocycles. The number of rotatable bonds is 6. The third-order valence-electron chi connectivity index (χ3n) is 1.92. The Morgan fingerprint density at radius 3 is 3.19 bits per heavy atom. The fourth-order valence-corrected chi connectivity index (χ4v) is 2.09. The zero-order valence-electron chi connectivity index (χ0n) is 9.09. The van der Waals surface area contributed by atoms with E-state index in [2.05, 4.69) is 10.1 Å². The maximum absolute atomic E-state index is 8.64. The Hall–Kier alpha value is -1.27. The van der Waals surface area contributed by atoms with Crippen molar-refractivity contribution < 1.29 is 9.94 Å². The summed E-state index contributed by atoms with van der Waals surface area (Å²) in [6, 6.07) is 1.73. The molecule has 0 fully saturated rings. The lowest BCUT2D eigenvalue weighted by Crippen LogP contribution is -2.14. The molecule has 0 aliphatic rings. The van der Waals surface area contributed by atoms with Gasteiger partial charge in [0.1, 0.15) is 0 Å². The van der Waals surface area contributed by atoms with Crippen LogP contribution in [0.4, 0.5) is 0 Å². The molecular formula is C10H15N3O2S. The summed E-state index contributed by atoms with van der Waals surface area (Å²) in [4.78, 5) is 4.93. The lowest BCUT2D eigenvalue weighted by Gasteiger charge is -2.06. The highest BCUT2D eigenvalue weighted by atomic mass is 32.2. The summed E-state index contributed by atoms with van der Waals surface area (Å²) < 4.78 is 4.96. The topological polar surface area (TPSA) is 80.7 Å². The lowest BCUT2D eigenvalue weighted by atomic mass is 10.2. The minimum Gasteiger partial charge on any atom is -0.409 e. The molecule has 0 aliphatic carbocycles. The molecule has 1 aromatic rings. The van der Waals surface area contributed by atoms with Crippen molar-refractivity contribution in [1.82, 2.24) is 4.98 Å². The first-order chi connectivity index (χ1) is 7.79. The predicted octanol–water partition coefficient (Wildman–Crippen LogP) is 1.30. The van der Waals surface area contributed by atoms with E-state index in [9.17, 15) is 0 Å². The van der Waals surface area contributed by atoms with Crippen molar-refractivity contribution in [2.45, 2.75) is 11.3 Å². The number of oxime groups is 1. The predicted molar refractivity (Wildman–Crippen MR) is 64.0 cm³/mol. The van der Waals surface area contributed by atoms with E-state index >= 15 is 0 Å². The van der Waals surface area contributed by atoms with Crippen LogP contribution in [0.25, 0.3) is 0 Å². The van der Waals surface area contributed by atoms with E-state index in [0.717, 1.165) is 23.7 Å². The summed E-state index contributed by atoms with van der Waals surface area (Å²) in [5.41, 5.74) is 6.27. The standard InChI is InChI=1S/C10H15N3O2S/c1-15-5-2-6-16-9-7-12-4-3-8(9)10(11)13-14/h3-4,7,14H,2,5-6H2,1H3,(H2,11,13). The molecule has 3 N–H and O–H groups in total. The molecule has 0 atom stereocenters. The van der Waals surface area contributed by atoms with Crippen LogP contribution in [-0.2, 0) is 4.74 Å².